The van der Waals surface area contributed by atoms with Crippen molar-refractivity contribution >= 4 is 23.5 Å². The Balaban J connectivity index is 1.60. The second kappa shape index (κ2) is 10.7. The molecular weight excluding hydrogens is 416 g/mol. The van der Waals surface area contributed by atoms with Crippen LogP contribution in [0.3, 0.4) is 0 Å². The Morgan fingerprint density at radius 2 is 1.64 bits per heavy atom. The van der Waals surface area contributed by atoms with E-state index >= 15 is 0 Å². The topological polar surface area (TPSA) is 82.7 Å². The maximum absolute atomic E-state index is 12.7. The molecule has 3 N–H and O–H groups in total. The standard InChI is InChI=1S/C26H36N4O3/c1-6-18(2)19-7-11-21(12-8-19)28-24(31)29-22-13-9-20(10-14-22)23-17-27-15-16-30(23)25(32)33-26(3,4)5/h7-14,18,23,27H,6,15-17H2,1-5H3,(H2,28,29,31). The van der Waals surface area contributed by atoms with Gasteiger partial charge in [0.05, 0.1) is 6.04 Å². The van der Waals surface area contributed by atoms with Gasteiger partial charge in [-0.3, -0.25) is 4.90 Å². The van der Waals surface area contributed by atoms with Gasteiger partial charge in [0.1, 0.15) is 5.60 Å². The summed E-state index contributed by atoms with van der Waals surface area (Å²) < 4.78 is 5.58. The molecule has 7 nitrogen and oxygen atoms in total. The van der Waals surface area contributed by atoms with Crippen LogP contribution in [0.2, 0.25) is 0 Å². The molecule has 1 heterocycles. The second-order valence-corrected chi connectivity index (χ2v) is 9.53. The summed E-state index contributed by atoms with van der Waals surface area (Å²) in [7, 11) is 0. The first-order valence-corrected chi connectivity index (χ1v) is 11.6. The number of hydrogen-bond donors (Lipinski definition) is 3. The number of amides is 3. The zero-order valence-electron chi connectivity index (χ0n) is 20.3. The Hall–Kier alpha value is -3.06. The number of rotatable bonds is 5. The van der Waals surface area contributed by atoms with Crippen LogP contribution in [0, 0.1) is 0 Å². The van der Waals surface area contributed by atoms with Gasteiger partial charge in [0.15, 0.2) is 0 Å². The Bertz CT molecular complexity index is 936. The summed E-state index contributed by atoms with van der Waals surface area (Å²) in [6.07, 6.45) is 0.769. The lowest BCUT2D eigenvalue weighted by Gasteiger charge is -2.37. The molecule has 0 bridgehead atoms. The van der Waals surface area contributed by atoms with E-state index in [-0.39, 0.29) is 18.2 Å². The SMILES string of the molecule is CCC(C)c1ccc(NC(=O)Nc2ccc(C3CNCCN3C(=O)OC(C)(C)C)cc2)cc1. The maximum Gasteiger partial charge on any atom is 0.410 e. The fraction of sp³-hybridized carbons (Fsp3) is 0.462. The van der Waals surface area contributed by atoms with E-state index in [1.165, 1.54) is 5.56 Å². The summed E-state index contributed by atoms with van der Waals surface area (Å²) in [5, 5.41) is 9.07. The van der Waals surface area contributed by atoms with Crippen LogP contribution in [0.5, 0.6) is 0 Å². The van der Waals surface area contributed by atoms with Gasteiger partial charge in [-0.1, -0.05) is 38.1 Å². The predicted octanol–water partition coefficient (Wildman–Crippen LogP) is 5.73. The summed E-state index contributed by atoms with van der Waals surface area (Å²) in [4.78, 5) is 26.8. The first-order chi connectivity index (χ1) is 15.7. The highest BCUT2D eigenvalue weighted by Crippen LogP contribution is 2.26. The minimum absolute atomic E-state index is 0.125. The third-order valence-electron chi connectivity index (χ3n) is 5.77. The van der Waals surface area contributed by atoms with Crippen molar-refractivity contribution in [2.45, 2.75) is 58.6 Å². The molecule has 3 rings (SSSR count). The number of ether oxygens (including phenoxy) is 1. The van der Waals surface area contributed by atoms with Crippen LogP contribution in [0.1, 0.15) is 64.1 Å². The van der Waals surface area contributed by atoms with Crippen molar-refractivity contribution in [2.24, 2.45) is 0 Å². The molecule has 0 aliphatic carbocycles. The molecule has 0 spiro atoms. The minimum Gasteiger partial charge on any atom is -0.444 e. The Morgan fingerprint density at radius 1 is 1.06 bits per heavy atom. The largest absolute Gasteiger partial charge is 0.444 e. The zero-order valence-corrected chi connectivity index (χ0v) is 20.3. The predicted molar refractivity (Wildman–Crippen MR) is 133 cm³/mol. The number of benzene rings is 2. The third-order valence-corrected chi connectivity index (χ3v) is 5.77. The smallest absolute Gasteiger partial charge is 0.410 e. The van der Waals surface area contributed by atoms with Crippen LogP contribution in [-0.2, 0) is 4.74 Å². The number of anilines is 2. The number of nitrogens with zero attached hydrogens (tertiary/aromatic N) is 1. The van der Waals surface area contributed by atoms with Crippen LogP contribution >= 0.6 is 0 Å². The average Bonchev–Trinajstić information content (AvgIpc) is 2.78. The van der Waals surface area contributed by atoms with Crippen molar-refractivity contribution in [3.05, 3.63) is 59.7 Å². The van der Waals surface area contributed by atoms with Crippen molar-refractivity contribution in [1.82, 2.24) is 10.2 Å². The molecule has 7 heteroatoms. The molecule has 0 aromatic heterocycles. The molecule has 1 aliphatic heterocycles. The highest BCUT2D eigenvalue weighted by molar-refractivity contribution is 5.99. The molecule has 1 aliphatic rings. The number of carbonyl (C=O) groups is 2. The summed E-state index contributed by atoms with van der Waals surface area (Å²) >= 11 is 0. The molecule has 2 aromatic rings. The molecule has 2 unspecified atom stereocenters. The molecule has 33 heavy (non-hydrogen) atoms. The molecule has 1 fully saturated rings. The van der Waals surface area contributed by atoms with Gasteiger partial charge < -0.3 is 20.7 Å². The van der Waals surface area contributed by atoms with Gasteiger partial charge in [0.2, 0.25) is 0 Å². The van der Waals surface area contributed by atoms with Gasteiger partial charge in [-0.15, -0.1) is 0 Å². The summed E-state index contributed by atoms with van der Waals surface area (Å²) in [6, 6.07) is 15.1. The zero-order chi connectivity index (χ0) is 24.0. The van der Waals surface area contributed by atoms with E-state index in [4.69, 9.17) is 4.74 Å². The number of urea groups is 1. The molecule has 0 saturated carbocycles. The minimum atomic E-state index is -0.539. The van der Waals surface area contributed by atoms with E-state index < -0.39 is 5.60 Å². The highest BCUT2D eigenvalue weighted by atomic mass is 16.6. The lowest BCUT2D eigenvalue weighted by molar-refractivity contribution is 0.0118. The molecule has 0 radical (unpaired) electrons. The van der Waals surface area contributed by atoms with E-state index in [0.717, 1.165) is 24.2 Å². The number of piperazine rings is 1. The molecule has 2 atom stereocenters. The van der Waals surface area contributed by atoms with E-state index in [9.17, 15) is 9.59 Å². The lowest BCUT2D eigenvalue weighted by Crippen LogP contribution is -2.50. The molecular formula is C26H36N4O3. The third kappa shape index (κ3) is 6.96. The van der Waals surface area contributed by atoms with Crippen LogP contribution in [0.4, 0.5) is 21.0 Å². The van der Waals surface area contributed by atoms with Crippen LogP contribution < -0.4 is 16.0 Å². The molecule has 178 valence electrons. The summed E-state index contributed by atoms with van der Waals surface area (Å²) in [6.45, 7) is 11.9. The monoisotopic (exact) mass is 452 g/mol. The lowest BCUT2D eigenvalue weighted by atomic mass is 9.99. The van der Waals surface area contributed by atoms with Crippen LogP contribution in [0.15, 0.2) is 48.5 Å². The first kappa shape index (κ1) is 24.6. The number of hydrogen-bond acceptors (Lipinski definition) is 4. The van der Waals surface area contributed by atoms with Gasteiger partial charge in [-0.2, -0.15) is 0 Å². The van der Waals surface area contributed by atoms with E-state index in [2.05, 4.69) is 29.8 Å². The first-order valence-electron chi connectivity index (χ1n) is 11.6. The average molecular weight is 453 g/mol. The number of carbonyl (C=O) groups excluding carboxylic acids is 2. The molecule has 2 aromatic carbocycles. The van der Waals surface area contributed by atoms with Crippen molar-refractivity contribution in [3.8, 4) is 0 Å². The highest BCUT2D eigenvalue weighted by Gasteiger charge is 2.31. The van der Waals surface area contributed by atoms with Crippen molar-refractivity contribution in [2.75, 3.05) is 30.3 Å². The Labute approximate surface area is 196 Å². The van der Waals surface area contributed by atoms with Crippen molar-refractivity contribution in [3.63, 3.8) is 0 Å². The fourth-order valence-corrected chi connectivity index (χ4v) is 3.75. The second-order valence-electron chi connectivity index (χ2n) is 9.53. The van der Waals surface area contributed by atoms with Crippen molar-refractivity contribution in [1.29, 1.82) is 0 Å². The summed E-state index contributed by atoms with van der Waals surface area (Å²) in [5.41, 5.74) is 3.14. The molecule has 1 saturated heterocycles. The number of nitrogens with one attached hydrogen (secondary N) is 3. The van der Waals surface area contributed by atoms with E-state index in [1.807, 2.05) is 69.3 Å². The van der Waals surface area contributed by atoms with Crippen LogP contribution in [-0.4, -0.2) is 42.3 Å². The van der Waals surface area contributed by atoms with Gasteiger partial charge >= 0.3 is 12.1 Å². The van der Waals surface area contributed by atoms with Gasteiger partial charge in [-0.05, 0) is 68.5 Å². The van der Waals surface area contributed by atoms with Crippen LogP contribution in [0.25, 0.3) is 0 Å². The maximum atomic E-state index is 12.7. The van der Waals surface area contributed by atoms with E-state index in [0.29, 0.717) is 24.7 Å². The molecule has 3 amide bonds. The Morgan fingerprint density at radius 3 is 2.18 bits per heavy atom. The fourth-order valence-electron chi connectivity index (χ4n) is 3.75. The van der Waals surface area contributed by atoms with E-state index in [1.54, 1.807) is 4.90 Å². The van der Waals surface area contributed by atoms with Gasteiger partial charge in [-0.25, -0.2) is 9.59 Å². The normalized spacial score (nSPS) is 17.2. The van der Waals surface area contributed by atoms with Gasteiger partial charge in [0, 0.05) is 31.0 Å². The Kier molecular flexibility index (Phi) is 7.97. The van der Waals surface area contributed by atoms with Crippen molar-refractivity contribution < 1.29 is 14.3 Å². The summed E-state index contributed by atoms with van der Waals surface area (Å²) in [5.74, 6) is 0.497. The quantitative estimate of drug-likeness (QED) is 0.541. The van der Waals surface area contributed by atoms with Gasteiger partial charge in [0.25, 0.3) is 0 Å².